The third-order valence-electron chi connectivity index (χ3n) is 4.71. The van der Waals surface area contributed by atoms with Gasteiger partial charge in [-0.1, -0.05) is 12.1 Å². The maximum absolute atomic E-state index is 14.3. The van der Waals surface area contributed by atoms with Gasteiger partial charge in [0.25, 0.3) is 10.0 Å². The SMILES string of the molecule is O=C(Cc1ccc(NS(=O)(=O)c2ccc(F)cc2)cc1)Nc1ccc(-n2ccnc2)c(F)c1. The molecule has 1 aromatic heterocycles. The molecule has 0 aliphatic heterocycles. The van der Waals surface area contributed by atoms with Crippen molar-refractivity contribution in [1.29, 1.82) is 0 Å². The van der Waals surface area contributed by atoms with Gasteiger partial charge in [0.1, 0.15) is 11.6 Å². The van der Waals surface area contributed by atoms with Gasteiger partial charge in [0, 0.05) is 23.8 Å². The van der Waals surface area contributed by atoms with Gasteiger partial charge < -0.3 is 9.88 Å². The summed E-state index contributed by atoms with van der Waals surface area (Å²) in [5, 5.41) is 2.64. The normalized spacial score (nSPS) is 11.2. The lowest BCUT2D eigenvalue weighted by Crippen LogP contribution is -2.15. The van der Waals surface area contributed by atoms with Crippen LogP contribution in [-0.4, -0.2) is 23.9 Å². The topological polar surface area (TPSA) is 93.1 Å². The number of sulfonamides is 1. The molecule has 0 unspecified atom stereocenters. The maximum Gasteiger partial charge on any atom is 0.261 e. The van der Waals surface area contributed by atoms with E-state index < -0.39 is 21.7 Å². The molecule has 0 saturated carbocycles. The van der Waals surface area contributed by atoms with Crippen LogP contribution >= 0.6 is 0 Å². The van der Waals surface area contributed by atoms with Crippen molar-refractivity contribution in [3.05, 3.63) is 103 Å². The fourth-order valence-electron chi connectivity index (χ4n) is 3.10. The van der Waals surface area contributed by atoms with Crippen LogP contribution in [-0.2, 0) is 21.2 Å². The first-order valence-corrected chi connectivity index (χ1v) is 11.2. The fraction of sp³-hybridized carbons (Fsp3) is 0.0435. The van der Waals surface area contributed by atoms with E-state index in [4.69, 9.17) is 0 Å². The van der Waals surface area contributed by atoms with Crippen LogP contribution in [0.15, 0.2) is 90.3 Å². The summed E-state index contributed by atoms with van der Waals surface area (Å²) in [4.78, 5) is 16.1. The van der Waals surface area contributed by atoms with E-state index in [1.807, 2.05) is 0 Å². The van der Waals surface area contributed by atoms with Crippen LogP contribution in [0.2, 0.25) is 0 Å². The smallest absolute Gasteiger partial charge is 0.261 e. The van der Waals surface area contributed by atoms with Crippen LogP contribution in [0.3, 0.4) is 0 Å². The molecule has 0 bridgehead atoms. The monoisotopic (exact) mass is 468 g/mol. The molecular formula is C23H18F2N4O3S. The van der Waals surface area contributed by atoms with E-state index in [9.17, 15) is 22.0 Å². The molecule has 0 fully saturated rings. The zero-order valence-corrected chi connectivity index (χ0v) is 17.9. The van der Waals surface area contributed by atoms with Crippen molar-refractivity contribution in [3.63, 3.8) is 0 Å². The highest BCUT2D eigenvalue weighted by molar-refractivity contribution is 7.92. The van der Waals surface area contributed by atoms with Crippen molar-refractivity contribution >= 4 is 27.3 Å². The third-order valence-corrected chi connectivity index (χ3v) is 6.11. The van der Waals surface area contributed by atoms with Gasteiger partial charge in [0.05, 0.1) is 23.3 Å². The molecule has 168 valence electrons. The van der Waals surface area contributed by atoms with E-state index in [-0.39, 0.29) is 17.2 Å². The van der Waals surface area contributed by atoms with Gasteiger partial charge >= 0.3 is 0 Å². The lowest BCUT2D eigenvalue weighted by Gasteiger charge is -2.10. The first kappa shape index (κ1) is 22.2. The molecule has 1 heterocycles. The molecule has 10 heteroatoms. The molecule has 0 radical (unpaired) electrons. The van der Waals surface area contributed by atoms with Gasteiger partial charge in [-0.15, -0.1) is 0 Å². The van der Waals surface area contributed by atoms with Gasteiger partial charge in [-0.05, 0) is 60.2 Å². The van der Waals surface area contributed by atoms with E-state index in [0.717, 1.165) is 12.1 Å². The number of anilines is 2. The summed E-state index contributed by atoms with van der Waals surface area (Å²) in [7, 11) is -3.87. The highest BCUT2D eigenvalue weighted by atomic mass is 32.2. The highest BCUT2D eigenvalue weighted by Gasteiger charge is 2.14. The summed E-state index contributed by atoms with van der Waals surface area (Å²) in [6.45, 7) is 0. The van der Waals surface area contributed by atoms with Gasteiger partial charge in [0.15, 0.2) is 0 Å². The number of nitrogens with one attached hydrogen (secondary N) is 2. The van der Waals surface area contributed by atoms with E-state index in [0.29, 0.717) is 22.6 Å². The standard InChI is InChI=1S/C23H18F2N4O3S/c24-17-3-8-20(9-4-17)33(31,32)28-18-5-1-16(2-6-18)13-23(30)27-19-7-10-22(21(25)14-19)29-12-11-26-15-29/h1-12,14-15,28H,13H2,(H,27,30). The number of nitrogens with zero attached hydrogens (tertiary/aromatic N) is 2. The lowest BCUT2D eigenvalue weighted by atomic mass is 10.1. The summed E-state index contributed by atoms with van der Waals surface area (Å²) < 4.78 is 56.0. The molecule has 7 nitrogen and oxygen atoms in total. The van der Waals surface area contributed by atoms with Crippen LogP contribution < -0.4 is 10.0 Å². The molecule has 0 aliphatic carbocycles. The van der Waals surface area contributed by atoms with Gasteiger partial charge in [-0.25, -0.2) is 22.2 Å². The Morgan fingerprint density at radius 3 is 2.27 bits per heavy atom. The Bertz CT molecular complexity index is 1370. The number of imidazole rings is 1. The quantitative estimate of drug-likeness (QED) is 0.427. The fourth-order valence-corrected chi connectivity index (χ4v) is 4.16. The van der Waals surface area contributed by atoms with Crippen molar-refractivity contribution in [1.82, 2.24) is 9.55 Å². The largest absolute Gasteiger partial charge is 0.326 e. The van der Waals surface area contributed by atoms with Crippen molar-refractivity contribution in [2.75, 3.05) is 10.0 Å². The molecule has 1 amide bonds. The molecule has 2 N–H and O–H groups in total. The number of rotatable bonds is 7. The predicted molar refractivity (Wildman–Crippen MR) is 120 cm³/mol. The van der Waals surface area contributed by atoms with Gasteiger partial charge in [0.2, 0.25) is 5.91 Å². The Labute approximate surface area is 188 Å². The average molecular weight is 468 g/mol. The summed E-state index contributed by atoms with van der Waals surface area (Å²) in [6.07, 6.45) is 4.63. The molecule has 0 saturated heterocycles. The van der Waals surface area contributed by atoms with E-state index >= 15 is 0 Å². The second kappa shape index (κ2) is 9.21. The number of aromatic nitrogens is 2. The Morgan fingerprint density at radius 1 is 0.939 bits per heavy atom. The van der Waals surface area contributed by atoms with Crippen LogP contribution in [0.4, 0.5) is 20.2 Å². The molecule has 0 atom stereocenters. The molecule has 4 rings (SSSR count). The van der Waals surface area contributed by atoms with Crippen molar-refractivity contribution in [3.8, 4) is 5.69 Å². The highest BCUT2D eigenvalue weighted by Crippen LogP contribution is 2.20. The third kappa shape index (κ3) is 5.42. The molecule has 33 heavy (non-hydrogen) atoms. The van der Waals surface area contributed by atoms with E-state index in [2.05, 4.69) is 15.0 Å². The van der Waals surface area contributed by atoms with E-state index in [1.165, 1.54) is 53.5 Å². The van der Waals surface area contributed by atoms with Crippen LogP contribution in [0.5, 0.6) is 0 Å². The number of carbonyl (C=O) groups is 1. The van der Waals surface area contributed by atoms with Crippen molar-refractivity contribution in [2.24, 2.45) is 0 Å². The zero-order chi connectivity index (χ0) is 23.4. The zero-order valence-electron chi connectivity index (χ0n) is 17.1. The Balaban J connectivity index is 1.37. The maximum atomic E-state index is 14.3. The van der Waals surface area contributed by atoms with Gasteiger partial charge in [-0.3, -0.25) is 9.52 Å². The Morgan fingerprint density at radius 2 is 1.64 bits per heavy atom. The molecule has 4 aromatic rings. The number of amides is 1. The lowest BCUT2D eigenvalue weighted by molar-refractivity contribution is -0.115. The summed E-state index contributed by atoms with van der Waals surface area (Å²) in [5.74, 6) is -1.40. The number of hydrogen-bond donors (Lipinski definition) is 2. The summed E-state index contributed by atoms with van der Waals surface area (Å²) >= 11 is 0. The Hall–Kier alpha value is -4.05. The number of halogens is 2. The average Bonchev–Trinajstić information content (AvgIpc) is 3.30. The molecular weight excluding hydrogens is 450 g/mol. The number of hydrogen-bond acceptors (Lipinski definition) is 4. The minimum atomic E-state index is -3.87. The van der Waals surface area contributed by atoms with Gasteiger partial charge in [-0.2, -0.15) is 0 Å². The molecule has 3 aromatic carbocycles. The molecule has 0 aliphatic rings. The minimum Gasteiger partial charge on any atom is -0.326 e. The molecule has 0 spiro atoms. The first-order valence-electron chi connectivity index (χ1n) is 9.75. The number of benzene rings is 3. The van der Waals surface area contributed by atoms with Crippen molar-refractivity contribution in [2.45, 2.75) is 11.3 Å². The minimum absolute atomic E-state index is 0.00980. The number of carbonyl (C=O) groups excluding carboxylic acids is 1. The summed E-state index contributed by atoms with van der Waals surface area (Å²) in [6, 6.07) is 15.0. The first-order chi connectivity index (χ1) is 15.8. The van der Waals surface area contributed by atoms with Crippen LogP contribution in [0.25, 0.3) is 5.69 Å². The predicted octanol–water partition coefficient (Wildman–Crippen LogP) is 4.13. The van der Waals surface area contributed by atoms with Crippen LogP contribution in [0.1, 0.15) is 5.56 Å². The van der Waals surface area contributed by atoms with Crippen LogP contribution in [0, 0.1) is 11.6 Å². The Kier molecular flexibility index (Phi) is 6.18. The summed E-state index contributed by atoms with van der Waals surface area (Å²) in [5.41, 5.74) is 1.54. The second-order valence-electron chi connectivity index (χ2n) is 7.12. The van der Waals surface area contributed by atoms with E-state index in [1.54, 1.807) is 24.4 Å². The van der Waals surface area contributed by atoms with Crippen molar-refractivity contribution < 1.29 is 22.0 Å². The second-order valence-corrected chi connectivity index (χ2v) is 8.80.